The van der Waals surface area contributed by atoms with Crippen LogP contribution in [0.1, 0.15) is 63.9 Å². The Morgan fingerprint density at radius 3 is 2.41 bits per heavy atom. The molecular weight excluding hydrogens is 376 g/mol. The fraction of sp³-hybridized carbons (Fsp3) is 0.619. The minimum atomic E-state index is -0.890. The molecule has 0 radical (unpaired) electrons. The second-order valence-electron chi connectivity index (χ2n) is 7.53. The van der Waals surface area contributed by atoms with Crippen LogP contribution >= 0.6 is 0 Å². The number of carbonyl (C=O) groups excluding carboxylic acids is 3. The van der Waals surface area contributed by atoms with Gasteiger partial charge in [-0.05, 0) is 25.7 Å². The van der Waals surface area contributed by atoms with Gasteiger partial charge in [0.2, 0.25) is 5.75 Å². The van der Waals surface area contributed by atoms with Crippen molar-refractivity contribution >= 4 is 17.8 Å². The van der Waals surface area contributed by atoms with Crippen LogP contribution in [0.5, 0.6) is 11.5 Å². The molecule has 3 atom stereocenters. The molecule has 1 saturated carbocycles. The minimum Gasteiger partial charge on any atom is -0.493 e. The maximum Gasteiger partial charge on any atom is 0.328 e. The monoisotopic (exact) mass is 406 g/mol. The summed E-state index contributed by atoms with van der Waals surface area (Å²) in [6, 6.07) is 0.581. The van der Waals surface area contributed by atoms with Gasteiger partial charge in [-0.15, -0.1) is 0 Å². The molecule has 1 aliphatic carbocycles. The Morgan fingerprint density at radius 2 is 1.83 bits per heavy atom. The first-order valence-corrected chi connectivity index (χ1v) is 9.97. The third-order valence-electron chi connectivity index (χ3n) is 5.44. The van der Waals surface area contributed by atoms with Crippen LogP contribution in [0.3, 0.4) is 0 Å². The molecule has 0 spiro atoms. The van der Waals surface area contributed by atoms with E-state index in [1.54, 1.807) is 6.92 Å². The third kappa shape index (κ3) is 5.92. The van der Waals surface area contributed by atoms with E-state index in [1.165, 1.54) is 39.1 Å². The van der Waals surface area contributed by atoms with Crippen LogP contribution in [-0.4, -0.2) is 42.1 Å². The number of amides is 1. The van der Waals surface area contributed by atoms with Crippen molar-refractivity contribution in [3.63, 3.8) is 0 Å². The van der Waals surface area contributed by atoms with Gasteiger partial charge in [0, 0.05) is 19.2 Å². The topological polar surface area (TPSA) is 104 Å². The Hall–Kier alpha value is -2.64. The number of nitrogens with one attached hydrogen (secondary N) is 1. The van der Waals surface area contributed by atoms with Gasteiger partial charge >= 0.3 is 11.9 Å². The van der Waals surface area contributed by atoms with Crippen molar-refractivity contribution in [2.45, 2.75) is 65.5 Å². The van der Waals surface area contributed by atoms with E-state index in [4.69, 9.17) is 14.2 Å². The smallest absolute Gasteiger partial charge is 0.328 e. The summed E-state index contributed by atoms with van der Waals surface area (Å²) in [6.07, 6.45) is 5.89. The first kappa shape index (κ1) is 22.6. The van der Waals surface area contributed by atoms with E-state index in [2.05, 4.69) is 17.2 Å². The second kappa shape index (κ2) is 10.2. The highest BCUT2D eigenvalue weighted by Gasteiger charge is 2.30. The lowest BCUT2D eigenvalue weighted by molar-refractivity contribution is -0.153. The van der Waals surface area contributed by atoms with Crippen LogP contribution < -0.4 is 14.8 Å². The summed E-state index contributed by atoms with van der Waals surface area (Å²) in [5.41, 5.74) is -0.147. The van der Waals surface area contributed by atoms with Gasteiger partial charge < -0.3 is 19.5 Å². The molecule has 1 aromatic rings. The largest absolute Gasteiger partial charge is 0.493 e. The number of pyridine rings is 1. The molecule has 160 valence electrons. The standard InChI is InChI=1S/C21H30N2O6/c1-12(16-8-6-7-9-16)14(3)28-21(26)13(2)23-20(25)18-19(29-15(4)24)17(27-5)10-11-22-18/h10-14,16H,6-9H2,1-5H3,(H,23,25)/t12?,13-,14+/m0/s1. The predicted molar refractivity (Wildman–Crippen MR) is 106 cm³/mol. The van der Waals surface area contributed by atoms with Gasteiger partial charge in [0.25, 0.3) is 5.91 Å². The quantitative estimate of drug-likeness (QED) is 0.662. The summed E-state index contributed by atoms with van der Waals surface area (Å²) >= 11 is 0. The van der Waals surface area contributed by atoms with Gasteiger partial charge in [-0.1, -0.05) is 32.6 Å². The van der Waals surface area contributed by atoms with Crippen LogP contribution in [0.15, 0.2) is 12.3 Å². The number of ether oxygens (including phenoxy) is 3. The third-order valence-corrected chi connectivity index (χ3v) is 5.44. The molecule has 8 nitrogen and oxygen atoms in total. The van der Waals surface area contributed by atoms with Gasteiger partial charge in [-0.3, -0.25) is 9.59 Å². The zero-order valence-corrected chi connectivity index (χ0v) is 17.7. The lowest BCUT2D eigenvalue weighted by atomic mass is 9.88. The number of aromatic nitrogens is 1. The summed E-state index contributed by atoms with van der Waals surface area (Å²) in [7, 11) is 1.39. The van der Waals surface area contributed by atoms with E-state index < -0.39 is 23.9 Å². The average molecular weight is 406 g/mol. The molecule has 0 aromatic carbocycles. The Balaban J connectivity index is 2.02. The molecule has 8 heteroatoms. The summed E-state index contributed by atoms with van der Waals surface area (Å²) in [5.74, 6) is -0.880. The Morgan fingerprint density at radius 1 is 1.17 bits per heavy atom. The van der Waals surface area contributed by atoms with Gasteiger partial charge in [0.05, 0.1) is 7.11 Å². The maximum atomic E-state index is 12.6. The molecule has 2 rings (SSSR count). The lowest BCUT2D eigenvalue weighted by Crippen LogP contribution is -2.42. The number of esters is 2. The van der Waals surface area contributed by atoms with Crippen molar-refractivity contribution in [1.82, 2.24) is 10.3 Å². The summed E-state index contributed by atoms with van der Waals surface area (Å²) in [4.78, 5) is 40.4. The van der Waals surface area contributed by atoms with Crippen LogP contribution in [0.4, 0.5) is 0 Å². The molecule has 0 bridgehead atoms. The number of methoxy groups -OCH3 is 1. The first-order chi connectivity index (χ1) is 13.7. The normalized spacial score (nSPS) is 17.1. The molecule has 1 amide bonds. The molecule has 1 N–H and O–H groups in total. The number of rotatable bonds is 8. The molecule has 0 aliphatic heterocycles. The summed E-state index contributed by atoms with van der Waals surface area (Å²) in [6.45, 7) is 6.74. The van der Waals surface area contributed by atoms with Crippen LogP contribution in [0.25, 0.3) is 0 Å². The fourth-order valence-corrected chi connectivity index (χ4v) is 3.58. The van der Waals surface area contributed by atoms with E-state index in [-0.39, 0.29) is 29.2 Å². The van der Waals surface area contributed by atoms with Crippen molar-refractivity contribution in [2.24, 2.45) is 11.8 Å². The lowest BCUT2D eigenvalue weighted by Gasteiger charge is -2.26. The van der Waals surface area contributed by atoms with Crippen molar-refractivity contribution in [2.75, 3.05) is 7.11 Å². The summed E-state index contributed by atoms with van der Waals surface area (Å²) < 4.78 is 15.8. The summed E-state index contributed by atoms with van der Waals surface area (Å²) in [5, 5.41) is 2.55. The van der Waals surface area contributed by atoms with Crippen molar-refractivity contribution < 1.29 is 28.6 Å². The average Bonchev–Trinajstić information content (AvgIpc) is 3.21. The van der Waals surface area contributed by atoms with Crippen molar-refractivity contribution in [3.8, 4) is 11.5 Å². The highest BCUT2D eigenvalue weighted by atomic mass is 16.6. The number of carbonyl (C=O) groups is 3. The zero-order valence-electron chi connectivity index (χ0n) is 17.7. The number of nitrogens with zero attached hydrogens (tertiary/aromatic N) is 1. The molecule has 0 saturated heterocycles. The van der Waals surface area contributed by atoms with Gasteiger partial charge in [-0.2, -0.15) is 0 Å². The molecule has 1 aromatic heterocycles. The van der Waals surface area contributed by atoms with Crippen molar-refractivity contribution in [1.29, 1.82) is 0 Å². The van der Waals surface area contributed by atoms with E-state index in [0.29, 0.717) is 5.92 Å². The van der Waals surface area contributed by atoms with Gasteiger partial charge in [0.1, 0.15) is 12.1 Å². The Labute approximate surface area is 171 Å². The van der Waals surface area contributed by atoms with E-state index >= 15 is 0 Å². The van der Waals surface area contributed by atoms with Crippen LogP contribution in [-0.2, 0) is 14.3 Å². The Bertz CT molecular complexity index is 745. The highest BCUT2D eigenvalue weighted by Crippen LogP contribution is 2.34. The molecule has 29 heavy (non-hydrogen) atoms. The molecule has 1 unspecified atom stereocenters. The second-order valence-corrected chi connectivity index (χ2v) is 7.53. The number of hydrogen-bond donors (Lipinski definition) is 1. The zero-order chi connectivity index (χ0) is 21.6. The maximum absolute atomic E-state index is 12.6. The molecule has 1 aliphatic rings. The first-order valence-electron chi connectivity index (χ1n) is 9.97. The molecular formula is C21H30N2O6. The van der Waals surface area contributed by atoms with E-state index in [0.717, 1.165) is 12.8 Å². The van der Waals surface area contributed by atoms with Crippen LogP contribution in [0.2, 0.25) is 0 Å². The molecule has 1 fully saturated rings. The van der Waals surface area contributed by atoms with Gasteiger partial charge in [-0.25, -0.2) is 9.78 Å². The molecule has 1 heterocycles. The minimum absolute atomic E-state index is 0.0937. The number of hydrogen-bond acceptors (Lipinski definition) is 7. The SMILES string of the molecule is COc1ccnc(C(=O)N[C@@H](C)C(=O)O[C@H](C)C(C)C2CCCC2)c1OC(C)=O. The van der Waals surface area contributed by atoms with E-state index in [1.807, 2.05) is 6.92 Å². The van der Waals surface area contributed by atoms with E-state index in [9.17, 15) is 14.4 Å². The van der Waals surface area contributed by atoms with Crippen molar-refractivity contribution in [3.05, 3.63) is 18.0 Å². The Kier molecular flexibility index (Phi) is 7.99. The fourth-order valence-electron chi connectivity index (χ4n) is 3.58. The van der Waals surface area contributed by atoms with Gasteiger partial charge in [0.15, 0.2) is 11.4 Å². The predicted octanol–water partition coefficient (Wildman–Crippen LogP) is 2.89. The highest BCUT2D eigenvalue weighted by molar-refractivity contribution is 5.98. The van der Waals surface area contributed by atoms with Crippen LogP contribution in [0, 0.1) is 11.8 Å².